The number of nitrogens with zero attached hydrogens (tertiary/aromatic N) is 1. The lowest BCUT2D eigenvalue weighted by atomic mass is 10.1. The number of hydrogen-bond donors (Lipinski definition) is 2. The molecule has 0 atom stereocenters. The smallest absolute Gasteiger partial charge is 0.255 e. The van der Waals surface area contributed by atoms with Crippen molar-refractivity contribution >= 4 is 23.0 Å². The molecule has 2 rings (SSSR count). The molecule has 21 heavy (non-hydrogen) atoms. The van der Waals surface area contributed by atoms with Crippen LogP contribution in [0.3, 0.4) is 0 Å². The first-order chi connectivity index (χ1) is 10.0. The zero-order chi connectivity index (χ0) is 15.4. The minimum Gasteiger partial charge on any atom is -0.399 e. The van der Waals surface area contributed by atoms with Crippen LogP contribution in [0, 0.1) is 0 Å². The topological polar surface area (TPSA) is 58.4 Å². The maximum Gasteiger partial charge on any atom is 0.255 e. The first-order valence-electron chi connectivity index (χ1n) is 6.98. The molecule has 3 N–H and O–H groups in total. The molecule has 4 nitrogen and oxygen atoms in total. The summed E-state index contributed by atoms with van der Waals surface area (Å²) in [5.41, 5.74) is 9.92. The number of nitrogen functional groups attached to an aromatic ring is 1. The van der Waals surface area contributed by atoms with E-state index in [1.165, 1.54) is 5.56 Å². The Labute approximate surface area is 125 Å². The fourth-order valence-electron chi connectivity index (χ4n) is 2.13. The Balaban J connectivity index is 2.24. The molecule has 0 unspecified atom stereocenters. The van der Waals surface area contributed by atoms with Gasteiger partial charge in [0.25, 0.3) is 5.91 Å². The Kier molecular flexibility index (Phi) is 4.48. The molecule has 0 fully saturated rings. The lowest BCUT2D eigenvalue weighted by molar-refractivity contribution is 0.102. The lowest BCUT2D eigenvalue weighted by Gasteiger charge is -2.18. The summed E-state index contributed by atoms with van der Waals surface area (Å²) in [6.07, 6.45) is 0.960. The normalized spacial score (nSPS) is 10.2. The number of nitrogens with one attached hydrogen (secondary N) is 1. The molecule has 0 radical (unpaired) electrons. The summed E-state index contributed by atoms with van der Waals surface area (Å²) >= 11 is 0. The number of carbonyl (C=O) groups excluding carboxylic acids is 1. The van der Waals surface area contributed by atoms with Gasteiger partial charge in [0.2, 0.25) is 0 Å². The van der Waals surface area contributed by atoms with Crippen molar-refractivity contribution in [3.05, 3.63) is 53.6 Å². The van der Waals surface area contributed by atoms with Crippen molar-refractivity contribution in [1.82, 2.24) is 0 Å². The van der Waals surface area contributed by atoms with Crippen LogP contribution in [0.1, 0.15) is 22.8 Å². The van der Waals surface area contributed by atoms with Crippen molar-refractivity contribution in [3.8, 4) is 0 Å². The zero-order valence-corrected chi connectivity index (χ0v) is 12.7. The number of amides is 1. The third-order valence-electron chi connectivity index (χ3n) is 3.37. The minimum atomic E-state index is -0.133. The molecular formula is C17H21N3O. The highest BCUT2D eigenvalue weighted by molar-refractivity contribution is 6.06. The second-order valence-corrected chi connectivity index (χ2v) is 5.18. The minimum absolute atomic E-state index is 0.133. The molecule has 0 aliphatic heterocycles. The van der Waals surface area contributed by atoms with Gasteiger partial charge in [-0.15, -0.1) is 0 Å². The van der Waals surface area contributed by atoms with E-state index in [0.29, 0.717) is 16.9 Å². The fourth-order valence-corrected chi connectivity index (χ4v) is 2.13. The standard InChI is InChI=1S/C17H21N3O/c1-4-12-5-7-13(8-6-12)17(21)19-15-11-14(18)9-10-16(15)20(2)3/h5-11H,4,18H2,1-3H3,(H,19,21). The highest BCUT2D eigenvalue weighted by Gasteiger charge is 2.10. The van der Waals surface area contributed by atoms with Crippen molar-refractivity contribution < 1.29 is 4.79 Å². The van der Waals surface area contributed by atoms with E-state index in [2.05, 4.69) is 12.2 Å². The van der Waals surface area contributed by atoms with Crippen LogP contribution in [-0.2, 0) is 6.42 Å². The van der Waals surface area contributed by atoms with E-state index in [1.54, 1.807) is 6.07 Å². The van der Waals surface area contributed by atoms with Gasteiger partial charge in [-0.3, -0.25) is 4.79 Å². The van der Waals surface area contributed by atoms with Gasteiger partial charge in [0, 0.05) is 25.3 Å². The first kappa shape index (κ1) is 14.9. The van der Waals surface area contributed by atoms with Crippen molar-refractivity contribution in [3.63, 3.8) is 0 Å². The average Bonchev–Trinajstić information content (AvgIpc) is 2.47. The van der Waals surface area contributed by atoms with Gasteiger partial charge in [-0.2, -0.15) is 0 Å². The highest BCUT2D eigenvalue weighted by atomic mass is 16.1. The molecule has 0 heterocycles. The second-order valence-electron chi connectivity index (χ2n) is 5.18. The average molecular weight is 283 g/mol. The number of hydrogen-bond acceptors (Lipinski definition) is 3. The number of benzene rings is 2. The Morgan fingerprint density at radius 2 is 1.81 bits per heavy atom. The van der Waals surface area contributed by atoms with E-state index in [0.717, 1.165) is 12.1 Å². The van der Waals surface area contributed by atoms with Gasteiger partial charge >= 0.3 is 0 Å². The number of rotatable bonds is 4. The first-order valence-corrected chi connectivity index (χ1v) is 6.98. The fraction of sp³-hybridized carbons (Fsp3) is 0.235. The van der Waals surface area contributed by atoms with Crippen LogP contribution in [0.15, 0.2) is 42.5 Å². The summed E-state index contributed by atoms with van der Waals surface area (Å²) in [5, 5.41) is 2.93. The van der Waals surface area contributed by atoms with Gasteiger partial charge in [-0.1, -0.05) is 19.1 Å². The van der Waals surface area contributed by atoms with Crippen LogP contribution < -0.4 is 16.0 Å². The van der Waals surface area contributed by atoms with Crippen LogP contribution >= 0.6 is 0 Å². The van der Waals surface area contributed by atoms with E-state index in [1.807, 2.05) is 55.4 Å². The molecule has 110 valence electrons. The molecule has 0 spiro atoms. The van der Waals surface area contributed by atoms with Crippen LogP contribution in [-0.4, -0.2) is 20.0 Å². The van der Waals surface area contributed by atoms with E-state index in [4.69, 9.17) is 5.73 Å². The van der Waals surface area contributed by atoms with E-state index in [9.17, 15) is 4.79 Å². The summed E-state index contributed by atoms with van der Waals surface area (Å²) in [5.74, 6) is -0.133. The van der Waals surface area contributed by atoms with Crippen LogP contribution in [0.5, 0.6) is 0 Å². The van der Waals surface area contributed by atoms with Crippen LogP contribution in [0.2, 0.25) is 0 Å². The molecule has 0 aromatic heterocycles. The molecule has 0 aliphatic rings. The van der Waals surface area contributed by atoms with E-state index in [-0.39, 0.29) is 5.91 Å². The van der Waals surface area contributed by atoms with Crippen molar-refractivity contribution in [2.24, 2.45) is 0 Å². The van der Waals surface area contributed by atoms with Gasteiger partial charge in [0.15, 0.2) is 0 Å². The summed E-state index contributed by atoms with van der Waals surface area (Å²) in [6, 6.07) is 13.1. The predicted octanol–water partition coefficient (Wildman–Crippen LogP) is 3.15. The summed E-state index contributed by atoms with van der Waals surface area (Å²) in [6.45, 7) is 2.09. The number of aryl methyl sites for hydroxylation is 1. The van der Waals surface area contributed by atoms with Gasteiger partial charge in [-0.05, 0) is 42.3 Å². The third kappa shape index (κ3) is 3.54. The second kappa shape index (κ2) is 6.31. The van der Waals surface area contributed by atoms with Gasteiger partial charge in [0.05, 0.1) is 11.4 Å². The largest absolute Gasteiger partial charge is 0.399 e. The maximum atomic E-state index is 12.3. The molecule has 1 amide bonds. The van der Waals surface area contributed by atoms with Gasteiger partial charge in [0.1, 0.15) is 0 Å². The predicted molar refractivity (Wildman–Crippen MR) is 89.0 cm³/mol. The molecule has 2 aromatic rings. The molecule has 0 aliphatic carbocycles. The third-order valence-corrected chi connectivity index (χ3v) is 3.37. The van der Waals surface area contributed by atoms with Crippen molar-refractivity contribution in [2.45, 2.75) is 13.3 Å². The molecule has 0 bridgehead atoms. The molecular weight excluding hydrogens is 262 g/mol. The Morgan fingerprint density at radius 1 is 1.14 bits per heavy atom. The number of carbonyl (C=O) groups is 1. The van der Waals surface area contributed by atoms with Crippen LogP contribution in [0.4, 0.5) is 17.1 Å². The zero-order valence-electron chi connectivity index (χ0n) is 12.7. The number of anilines is 3. The summed E-state index contributed by atoms with van der Waals surface area (Å²) in [7, 11) is 3.86. The quantitative estimate of drug-likeness (QED) is 0.847. The monoisotopic (exact) mass is 283 g/mol. The Hall–Kier alpha value is -2.49. The highest BCUT2D eigenvalue weighted by Crippen LogP contribution is 2.27. The Bertz CT molecular complexity index is 633. The van der Waals surface area contributed by atoms with Gasteiger partial charge < -0.3 is 16.0 Å². The number of nitrogens with two attached hydrogens (primary N) is 1. The molecule has 4 heteroatoms. The van der Waals surface area contributed by atoms with Crippen molar-refractivity contribution in [2.75, 3.05) is 30.0 Å². The summed E-state index contributed by atoms with van der Waals surface area (Å²) < 4.78 is 0. The summed E-state index contributed by atoms with van der Waals surface area (Å²) in [4.78, 5) is 14.3. The Morgan fingerprint density at radius 3 is 2.38 bits per heavy atom. The van der Waals surface area contributed by atoms with E-state index >= 15 is 0 Å². The van der Waals surface area contributed by atoms with Gasteiger partial charge in [-0.25, -0.2) is 0 Å². The maximum absolute atomic E-state index is 12.3. The molecule has 2 aromatic carbocycles. The molecule has 0 saturated heterocycles. The lowest BCUT2D eigenvalue weighted by Crippen LogP contribution is -2.17. The SMILES string of the molecule is CCc1ccc(C(=O)Nc2cc(N)ccc2N(C)C)cc1. The van der Waals surface area contributed by atoms with Crippen molar-refractivity contribution in [1.29, 1.82) is 0 Å². The molecule has 0 saturated carbocycles. The van der Waals surface area contributed by atoms with Crippen LogP contribution in [0.25, 0.3) is 0 Å². The van der Waals surface area contributed by atoms with E-state index < -0.39 is 0 Å².